The molecule has 17 aromatic rings. The molecule has 0 radical (unpaired) electrons. The molecule has 490 valence electrons. The van der Waals surface area contributed by atoms with Gasteiger partial charge in [0.1, 0.15) is 0 Å². The van der Waals surface area contributed by atoms with Crippen LogP contribution in [0.25, 0.3) is 120 Å². The molecule has 0 spiro atoms. The van der Waals surface area contributed by atoms with Gasteiger partial charge in [-0.2, -0.15) is 0 Å². The minimum absolute atomic E-state index is 0.00241. The minimum atomic E-state index is -0.630. The van der Waals surface area contributed by atoms with E-state index in [0.717, 1.165) is 126 Å². The zero-order chi connectivity index (χ0) is 79.5. The normalized spacial score (nSPS) is 14.7. The smallest absolute Gasteiger partial charge is 0.252 e. The highest BCUT2D eigenvalue weighted by Crippen LogP contribution is 2.56. The molecule has 0 fully saturated rings. The number of nitrogens with zero attached hydrogens (tertiary/aromatic N) is 4. The van der Waals surface area contributed by atoms with Crippen LogP contribution in [0.3, 0.4) is 0 Å². The Bertz CT molecular complexity index is 6820. The van der Waals surface area contributed by atoms with Gasteiger partial charge in [0.05, 0.1) is 49.9 Å². The Morgan fingerprint density at radius 3 is 1.08 bits per heavy atom. The summed E-state index contributed by atoms with van der Waals surface area (Å²) in [6, 6.07) is 76.7. The second-order valence-electron chi connectivity index (χ2n) is 30.4. The number of fused-ring (bicyclic) bond motifs is 13. The summed E-state index contributed by atoms with van der Waals surface area (Å²) in [5, 5.41) is 3.10. The topological polar surface area (TPSA) is 16.3 Å². The maximum absolute atomic E-state index is 10.1. The van der Waals surface area contributed by atoms with Gasteiger partial charge in [0.2, 0.25) is 0 Å². The molecule has 14 aromatic carbocycles. The number of anilines is 6. The molecule has 0 saturated heterocycles. The van der Waals surface area contributed by atoms with Crippen molar-refractivity contribution in [2.45, 2.75) is 78.6 Å². The van der Waals surface area contributed by atoms with Crippen molar-refractivity contribution in [3.8, 4) is 55.9 Å². The standard InChI is InChI=1S/C96H77BN4S/c1-94(2,3)64-50-73(60-30-14-10-15-31-60)92(74(51-64)61-32-16-11-17-33-61)100-85-56-67(98-81-42-26-22-38-69(81)70-39-23-27-43-82(70)98)46-48-79(85)97-80-49-47-68(99-83-44-28-24-40-71(83)77-58-78-72-41-25-29-45-89(72)102-90(78)59-84(77)99)57-86(80)101(88-55-66(96(7,8)9)54-87(100)91(88)97)93-75(62-34-18-12-19-35-62)52-65(95(4,5)6)53-76(93)63-36-20-13-21-37-63/h10-59H,1-9H3/i22D,23D,24D,26D,27D,28D,38D,39D,40D,42D,43D,44D. The third-order valence-electron chi connectivity index (χ3n) is 21.1. The van der Waals surface area contributed by atoms with Crippen LogP contribution in [-0.4, -0.2) is 15.8 Å². The molecule has 0 saturated carbocycles. The molecule has 6 heteroatoms. The molecule has 0 unspecified atom stereocenters. The summed E-state index contributed by atoms with van der Waals surface area (Å²) >= 11 is 1.67. The Kier molecular flexibility index (Phi) is 11.3. The second-order valence-corrected chi connectivity index (χ2v) is 31.5. The molecule has 0 aliphatic carbocycles. The summed E-state index contributed by atoms with van der Waals surface area (Å²) in [7, 11) is 0. The van der Waals surface area contributed by atoms with E-state index in [0.29, 0.717) is 38.9 Å². The van der Waals surface area contributed by atoms with E-state index in [1.165, 1.54) is 0 Å². The maximum Gasteiger partial charge on any atom is 0.252 e. The summed E-state index contributed by atoms with van der Waals surface area (Å²) in [4.78, 5) is 4.90. The maximum atomic E-state index is 10.1. The highest BCUT2D eigenvalue weighted by molar-refractivity contribution is 7.25. The molecular formula is C96H77BN4S. The van der Waals surface area contributed by atoms with Gasteiger partial charge in [-0.3, -0.25) is 0 Å². The first kappa shape index (κ1) is 50.0. The van der Waals surface area contributed by atoms with Crippen LogP contribution < -0.4 is 26.2 Å². The van der Waals surface area contributed by atoms with Gasteiger partial charge in [0.25, 0.3) is 6.71 Å². The molecule has 102 heavy (non-hydrogen) atoms. The van der Waals surface area contributed by atoms with Gasteiger partial charge in [-0.1, -0.05) is 268 Å². The molecule has 0 atom stereocenters. The Balaban J connectivity index is 1.03. The molecule has 19 rings (SSSR count). The molecule has 0 amide bonds. The summed E-state index contributed by atoms with van der Waals surface area (Å²) in [6.07, 6.45) is 0. The van der Waals surface area contributed by atoms with Gasteiger partial charge >= 0.3 is 0 Å². The van der Waals surface area contributed by atoms with E-state index in [9.17, 15) is 13.7 Å². The van der Waals surface area contributed by atoms with Crippen LogP contribution in [0.2, 0.25) is 0 Å². The first-order valence-electron chi connectivity index (χ1n) is 41.0. The second kappa shape index (κ2) is 23.1. The summed E-state index contributed by atoms with van der Waals surface area (Å²) in [6.45, 7) is 19.6. The average molecular weight is 1340 g/mol. The van der Waals surface area contributed by atoms with Crippen LogP contribution in [0.4, 0.5) is 34.1 Å². The highest BCUT2D eigenvalue weighted by atomic mass is 32.1. The lowest BCUT2D eigenvalue weighted by atomic mass is 9.33. The predicted octanol–water partition coefficient (Wildman–Crippen LogP) is 24.9. The molecule has 0 bridgehead atoms. The lowest BCUT2D eigenvalue weighted by molar-refractivity contribution is 0.590. The summed E-state index contributed by atoms with van der Waals surface area (Å²) in [5.41, 5.74) is 19.4. The Labute approximate surface area is 618 Å². The number of hydrogen-bond donors (Lipinski definition) is 0. The molecule has 4 nitrogen and oxygen atoms in total. The fourth-order valence-electron chi connectivity index (χ4n) is 16.0. The lowest BCUT2D eigenvalue weighted by Gasteiger charge is -2.47. The fraction of sp³-hybridized carbons (Fsp3) is 0.125. The van der Waals surface area contributed by atoms with E-state index in [2.05, 4.69) is 272 Å². The van der Waals surface area contributed by atoms with Crippen LogP contribution in [0.5, 0.6) is 0 Å². The molecule has 5 heterocycles. The molecule has 2 aliphatic heterocycles. The summed E-state index contributed by atoms with van der Waals surface area (Å²) < 4.78 is 120. The zero-order valence-electron chi connectivity index (χ0n) is 70.2. The Hall–Kier alpha value is -11.4. The number of aromatic nitrogens is 2. The van der Waals surface area contributed by atoms with Crippen molar-refractivity contribution in [3.63, 3.8) is 0 Å². The lowest BCUT2D eigenvalue weighted by Crippen LogP contribution is -2.61. The number of thiophene rings is 1. The van der Waals surface area contributed by atoms with Gasteiger partial charge in [0, 0.05) is 98.1 Å². The number of para-hydroxylation sites is 3. The summed E-state index contributed by atoms with van der Waals surface area (Å²) in [5.74, 6) is 0. The minimum Gasteiger partial charge on any atom is -0.310 e. The van der Waals surface area contributed by atoms with E-state index in [1.807, 2.05) is 34.9 Å². The molecule has 2 aliphatic rings. The van der Waals surface area contributed by atoms with Crippen LogP contribution in [-0.2, 0) is 16.2 Å². The van der Waals surface area contributed by atoms with Crippen LogP contribution in [0.1, 0.15) is 95.5 Å². The fourth-order valence-corrected chi connectivity index (χ4v) is 17.1. The van der Waals surface area contributed by atoms with E-state index in [-0.39, 0.29) is 56.8 Å². The first-order chi connectivity index (χ1) is 54.5. The van der Waals surface area contributed by atoms with Crippen molar-refractivity contribution in [2.75, 3.05) is 9.80 Å². The number of rotatable bonds is 8. The van der Waals surface area contributed by atoms with Crippen molar-refractivity contribution in [3.05, 3.63) is 320 Å². The largest absolute Gasteiger partial charge is 0.310 e. The molecule has 3 aromatic heterocycles. The van der Waals surface area contributed by atoms with Crippen molar-refractivity contribution in [1.29, 1.82) is 0 Å². The van der Waals surface area contributed by atoms with Gasteiger partial charge in [-0.25, -0.2) is 0 Å². The third-order valence-corrected chi connectivity index (χ3v) is 22.2. The third kappa shape index (κ3) is 9.70. The van der Waals surface area contributed by atoms with Gasteiger partial charge in [-0.15, -0.1) is 11.3 Å². The van der Waals surface area contributed by atoms with E-state index in [1.54, 1.807) is 15.9 Å². The average Bonchev–Trinajstić information content (AvgIpc) is 1.43. The Morgan fingerprint density at radius 2 is 0.667 bits per heavy atom. The van der Waals surface area contributed by atoms with Crippen molar-refractivity contribution < 1.29 is 16.4 Å². The Morgan fingerprint density at radius 1 is 0.304 bits per heavy atom. The van der Waals surface area contributed by atoms with E-state index in [4.69, 9.17) is 2.74 Å². The zero-order valence-corrected chi connectivity index (χ0v) is 59.0. The quantitative estimate of drug-likeness (QED) is 0.141. The number of hydrogen-bond acceptors (Lipinski definition) is 3. The predicted molar refractivity (Wildman–Crippen MR) is 440 cm³/mol. The van der Waals surface area contributed by atoms with Crippen molar-refractivity contribution in [1.82, 2.24) is 9.13 Å². The van der Waals surface area contributed by atoms with Crippen molar-refractivity contribution in [2.24, 2.45) is 0 Å². The van der Waals surface area contributed by atoms with E-state index < -0.39 is 60.5 Å². The van der Waals surface area contributed by atoms with Crippen LogP contribution in [0, 0.1) is 0 Å². The monoisotopic (exact) mass is 1340 g/mol. The van der Waals surface area contributed by atoms with Crippen LogP contribution in [0.15, 0.2) is 303 Å². The first-order valence-corrected chi connectivity index (χ1v) is 35.8. The van der Waals surface area contributed by atoms with E-state index >= 15 is 0 Å². The molecular weight excluding hydrogens is 1250 g/mol. The van der Waals surface area contributed by atoms with Gasteiger partial charge in [-0.05, 0) is 169 Å². The van der Waals surface area contributed by atoms with Gasteiger partial charge in [0.15, 0.2) is 0 Å². The highest BCUT2D eigenvalue weighted by Gasteiger charge is 2.47. The van der Waals surface area contributed by atoms with Crippen molar-refractivity contribution >= 4 is 132 Å². The van der Waals surface area contributed by atoms with Crippen LogP contribution >= 0.6 is 11.3 Å². The molecule has 0 N–H and O–H groups in total. The number of benzene rings is 14. The van der Waals surface area contributed by atoms with Gasteiger partial charge < -0.3 is 18.9 Å². The SMILES string of the molecule is [2H]c1c([2H])c([2H])c2c(c1[2H])c1cc3c(cc1n2-c1ccc2c(c1)N(c1c(-c4ccccc4)cc(C(C)(C)C)cc1-c1ccccc1)c1cc(C(C)(C)C)cc4c1B2c1ccc(-n2c5c([2H])c([2H])c([2H])c([2H])c5c5c([2H])c([2H])c([2H])c([2H])c52)cc1N4c1c(-c2ccccc2)cc(C(C)(C)C)cc1-c1ccccc1)sc1ccccc13.